The molecule has 0 N–H and O–H groups in total. The van der Waals surface area contributed by atoms with Gasteiger partial charge in [-0.2, -0.15) is 5.26 Å². The molecule has 4 rings (SSSR count). The number of ether oxygens (including phenoxy) is 3. The maximum atomic E-state index is 14.0. The second kappa shape index (κ2) is 12.4. The lowest BCUT2D eigenvalue weighted by molar-refractivity contribution is 0.0171. The van der Waals surface area contributed by atoms with Gasteiger partial charge in [0.1, 0.15) is 23.1 Å². The normalized spacial score (nSPS) is 15.2. The zero-order chi connectivity index (χ0) is 29.7. The Morgan fingerprint density at radius 2 is 1.78 bits per heavy atom. The fourth-order valence-corrected chi connectivity index (χ4v) is 4.69. The number of carbonyl (C=O) groups excluding carboxylic acids is 2. The minimum atomic E-state index is -0.832. The van der Waals surface area contributed by atoms with E-state index in [9.17, 15) is 23.6 Å². The number of nitrogens with zero attached hydrogens (tertiary/aromatic N) is 3. The number of likely N-dealkylation sites (tertiary alicyclic amines) is 1. The molecule has 1 fully saturated rings. The average molecular weight is 566 g/mol. The van der Waals surface area contributed by atoms with Crippen LogP contribution in [0.1, 0.15) is 69.1 Å². The van der Waals surface area contributed by atoms with Crippen LogP contribution < -0.4 is 4.74 Å². The van der Waals surface area contributed by atoms with Gasteiger partial charge in [0.15, 0.2) is 17.4 Å². The Balaban J connectivity index is 1.69. The number of piperidine rings is 1. The van der Waals surface area contributed by atoms with Gasteiger partial charge in [-0.05, 0) is 69.9 Å². The van der Waals surface area contributed by atoms with E-state index >= 15 is 0 Å². The molecule has 1 atom stereocenters. The van der Waals surface area contributed by atoms with Gasteiger partial charge in [0.05, 0.1) is 18.2 Å². The third-order valence-corrected chi connectivity index (χ3v) is 6.52. The summed E-state index contributed by atoms with van der Waals surface area (Å²) in [6.45, 7) is 8.28. The first-order valence-electron chi connectivity index (χ1n) is 13.5. The second-order valence-electron chi connectivity index (χ2n) is 10.8. The summed E-state index contributed by atoms with van der Waals surface area (Å²) in [5.74, 6) is -2.61. The molecular weight excluding hydrogens is 532 g/mol. The molecule has 1 aromatic heterocycles. The van der Waals surface area contributed by atoms with Gasteiger partial charge in [-0.3, -0.25) is 0 Å². The highest BCUT2D eigenvalue weighted by Gasteiger charge is 2.33. The van der Waals surface area contributed by atoms with Gasteiger partial charge in [0.2, 0.25) is 0 Å². The molecule has 2 heterocycles. The largest absolute Gasteiger partial charge is 0.461 e. The van der Waals surface area contributed by atoms with Crippen molar-refractivity contribution in [2.45, 2.75) is 58.6 Å². The summed E-state index contributed by atoms with van der Waals surface area (Å²) >= 11 is 0. The Morgan fingerprint density at radius 1 is 1.10 bits per heavy atom. The number of hydrogen-bond acceptors (Lipinski definition) is 6. The van der Waals surface area contributed by atoms with E-state index in [1.807, 2.05) is 6.92 Å². The molecule has 1 aliphatic heterocycles. The molecule has 1 aliphatic rings. The van der Waals surface area contributed by atoms with E-state index in [2.05, 4.69) is 6.07 Å². The minimum Gasteiger partial charge on any atom is -0.461 e. The van der Waals surface area contributed by atoms with E-state index in [0.717, 1.165) is 12.1 Å². The number of benzene rings is 2. The lowest BCUT2D eigenvalue weighted by Gasteiger charge is -2.35. The van der Waals surface area contributed by atoms with Gasteiger partial charge < -0.3 is 23.7 Å². The topological polar surface area (TPSA) is 93.8 Å². The van der Waals surface area contributed by atoms with Gasteiger partial charge >= 0.3 is 12.1 Å². The van der Waals surface area contributed by atoms with Crippen LogP contribution in [-0.4, -0.2) is 46.8 Å². The number of rotatable bonds is 7. The maximum Gasteiger partial charge on any atom is 0.410 e. The lowest BCUT2D eigenvalue weighted by atomic mass is 10.0. The first-order chi connectivity index (χ1) is 19.5. The van der Waals surface area contributed by atoms with Crippen LogP contribution in [0.2, 0.25) is 0 Å². The van der Waals surface area contributed by atoms with Crippen molar-refractivity contribution < 1.29 is 32.6 Å². The van der Waals surface area contributed by atoms with Crippen molar-refractivity contribution in [2.75, 3.05) is 19.7 Å². The number of para-hydroxylation sites is 1. The van der Waals surface area contributed by atoms with E-state index in [1.165, 1.54) is 18.2 Å². The molecule has 2 aromatic carbocycles. The van der Waals surface area contributed by atoms with Crippen molar-refractivity contribution in [1.29, 1.82) is 5.26 Å². The quantitative estimate of drug-likeness (QED) is 0.281. The zero-order valence-corrected chi connectivity index (χ0v) is 23.6. The predicted molar refractivity (Wildman–Crippen MR) is 148 cm³/mol. The molecule has 0 spiro atoms. The number of nitriles is 1. The van der Waals surface area contributed by atoms with Crippen LogP contribution in [-0.2, 0) is 9.47 Å². The molecule has 0 aliphatic carbocycles. The number of aromatic nitrogens is 1. The summed E-state index contributed by atoms with van der Waals surface area (Å²) in [5, 5.41) is 10.2. The fraction of sp³-hybridized carbons (Fsp3) is 0.387. The lowest BCUT2D eigenvalue weighted by Crippen LogP contribution is -2.43. The molecule has 1 saturated heterocycles. The molecule has 0 bridgehead atoms. The molecule has 41 heavy (non-hydrogen) atoms. The first kappa shape index (κ1) is 29.6. The van der Waals surface area contributed by atoms with Gasteiger partial charge in [0.25, 0.3) is 0 Å². The summed E-state index contributed by atoms with van der Waals surface area (Å²) in [4.78, 5) is 27.6. The number of halogens is 2. The molecular formula is C31H33F2N3O5. The first-order valence-corrected chi connectivity index (χ1v) is 13.5. The highest BCUT2D eigenvalue weighted by Crippen LogP contribution is 2.35. The summed E-state index contributed by atoms with van der Waals surface area (Å²) < 4.78 is 46.2. The summed E-state index contributed by atoms with van der Waals surface area (Å²) in [6.07, 6.45) is 3.25. The third-order valence-electron chi connectivity index (χ3n) is 6.52. The number of amides is 1. The van der Waals surface area contributed by atoms with Crippen molar-refractivity contribution in [3.63, 3.8) is 0 Å². The second-order valence-corrected chi connectivity index (χ2v) is 10.8. The van der Waals surface area contributed by atoms with Crippen LogP contribution in [0.25, 0.3) is 11.1 Å². The number of esters is 1. The molecule has 0 saturated carbocycles. The molecule has 10 heteroatoms. The highest BCUT2D eigenvalue weighted by atomic mass is 19.1. The van der Waals surface area contributed by atoms with Crippen molar-refractivity contribution >= 4 is 12.1 Å². The Kier molecular flexibility index (Phi) is 8.96. The van der Waals surface area contributed by atoms with Crippen LogP contribution in [0.4, 0.5) is 13.6 Å². The van der Waals surface area contributed by atoms with E-state index in [-0.39, 0.29) is 29.7 Å². The smallest absolute Gasteiger partial charge is 0.410 e. The monoisotopic (exact) mass is 565 g/mol. The summed E-state index contributed by atoms with van der Waals surface area (Å²) in [7, 11) is 0. The Hall–Kier alpha value is -4.39. The fourth-order valence-electron chi connectivity index (χ4n) is 4.69. The van der Waals surface area contributed by atoms with Gasteiger partial charge in [0, 0.05) is 24.8 Å². The van der Waals surface area contributed by atoms with E-state index in [1.54, 1.807) is 48.6 Å². The SMILES string of the molecule is CCCOC(=O)c1c(C#N)c(-c2ccc(Oc3c(F)cccc3F)cc2)cn1[C@@H]1CCCN(C(=O)OC(C)(C)C)C1. The van der Waals surface area contributed by atoms with E-state index in [0.29, 0.717) is 43.5 Å². The van der Waals surface area contributed by atoms with Crippen molar-refractivity contribution in [2.24, 2.45) is 0 Å². The number of hydrogen-bond donors (Lipinski definition) is 0. The standard InChI is InChI=1S/C31H33F2N3O5/c1-5-16-39-29(37)27-23(17-34)24(19-36(27)21-8-7-15-35(18-21)30(38)41-31(2,3)4)20-11-13-22(14-12-20)40-28-25(32)9-6-10-26(28)33/h6,9-14,19,21H,5,7-8,15-16,18H2,1-4H3/t21-/m1/s1. The van der Waals surface area contributed by atoms with E-state index in [4.69, 9.17) is 14.2 Å². The van der Waals surface area contributed by atoms with Crippen LogP contribution in [0.5, 0.6) is 11.5 Å². The van der Waals surface area contributed by atoms with Crippen LogP contribution in [0.3, 0.4) is 0 Å². The molecule has 0 radical (unpaired) electrons. The van der Waals surface area contributed by atoms with Crippen molar-refractivity contribution in [1.82, 2.24) is 9.47 Å². The maximum absolute atomic E-state index is 14.0. The van der Waals surface area contributed by atoms with Gasteiger partial charge in [-0.25, -0.2) is 18.4 Å². The zero-order valence-electron chi connectivity index (χ0n) is 23.6. The van der Waals surface area contributed by atoms with Crippen LogP contribution in [0.15, 0.2) is 48.7 Å². The summed E-state index contributed by atoms with van der Waals surface area (Å²) in [6, 6.07) is 11.6. The van der Waals surface area contributed by atoms with Crippen molar-refractivity contribution in [3.05, 3.63) is 71.6 Å². The Bertz CT molecular complexity index is 1430. The van der Waals surface area contributed by atoms with Gasteiger partial charge in [-0.1, -0.05) is 25.1 Å². The predicted octanol–water partition coefficient (Wildman–Crippen LogP) is 7.24. The molecule has 216 valence electrons. The van der Waals surface area contributed by atoms with Crippen molar-refractivity contribution in [3.8, 4) is 28.7 Å². The molecule has 1 amide bonds. The Morgan fingerprint density at radius 3 is 2.39 bits per heavy atom. The molecule has 8 nitrogen and oxygen atoms in total. The Labute approximate surface area is 238 Å². The van der Waals surface area contributed by atoms with Crippen LogP contribution >= 0.6 is 0 Å². The van der Waals surface area contributed by atoms with E-state index < -0.39 is 35.0 Å². The average Bonchev–Trinajstić information content (AvgIpc) is 3.33. The highest BCUT2D eigenvalue weighted by molar-refractivity contribution is 5.94. The molecule has 0 unspecified atom stereocenters. The minimum absolute atomic E-state index is 0.112. The third kappa shape index (κ3) is 6.85. The summed E-state index contributed by atoms with van der Waals surface area (Å²) in [5.41, 5.74) is 0.664. The van der Waals surface area contributed by atoms with Crippen LogP contribution in [0, 0.1) is 23.0 Å². The van der Waals surface area contributed by atoms with Gasteiger partial charge in [-0.15, -0.1) is 0 Å². The molecule has 3 aromatic rings. The number of carbonyl (C=O) groups is 2.